The van der Waals surface area contributed by atoms with Gasteiger partial charge in [0.15, 0.2) is 11.9 Å². The molecule has 4 aromatic rings. The highest BCUT2D eigenvalue weighted by atomic mass is 16.3. The Bertz CT molecular complexity index is 2380. The van der Waals surface area contributed by atoms with Gasteiger partial charge in [-0.25, -0.2) is 0 Å². The molecule has 2 aromatic heterocycles. The summed E-state index contributed by atoms with van der Waals surface area (Å²) in [5, 5.41) is 26.3. The number of nitrogens with two attached hydrogens (primary N) is 4. The van der Waals surface area contributed by atoms with Crippen molar-refractivity contribution in [2.75, 3.05) is 19.6 Å². The fourth-order valence-electron chi connectivity index (χ4n) is 8.23. The number of para-hydroxylation sites is 2. The van der Waals surface area contributed by atoms with Crippen LogP contribution in [0.15, 0.2) is 70.9 Å². The first-order chi connectivity index (χ1) is 30.7. The third-order valence-electron chi connectivity index (χ3n) is 11.5. The lowest BCUT2D eigenvalue weighted by Crippen LogP contribution is -2.63. The van der Waals surface area contributed by atoms with Crippen LogP contribution in [-0.2, 0) is 41.6 Å². The molecular formula is C43H58N14O7. The molecule has 0 bridgehead atoms. The Morgan fingerprint density at radius 2 is 1.12 bits per heavy atom. The van der Waals surface area contributed by atoms with Gasteiger partial charge >= 0.3 is 0 Å². The van der Waals surface area contributed by atoms with E-state index in [4.69, 9.17) is 22.9 Å². The number of fused-ring (bicyclic) bond motifs is 3. The summed E-state index contributed by atoms with van der Waals surface area (Å²) >= 11 is 0. The molecule has 64 heavy (non-hydrogen) atoms. The van der Waals surface area contributed by atoms with Crippen LogP contribution in [0.1, 0.15) is 56.6 Å². The maximum atomic E-state index is 14.7. The smallest absolute Gasteiger partial charge is 0.246 e. The molecule has 6 amide bonds. The van der Waals surface area contributed by atoms with Gasteiger partial charge in [-0.1, -0.05) is 36.4 Å². The van der Waals surface area contributed by atoms with Crippen molar-refractivity contribution in [3.63, 3.8) is 0 Å². The number of nitrogens with one attached hydrogen (secondary N) is 7. The molecule has 0 radical (unpaired) electrons. The number of aromatic nitrogens is 2. The average molecular weight is 883 g/mol. The minimum absolute atomic E-state index is 0.00513. The lowest BCUT2D eigenvalue weighted by Gasteiger charge is -2.32. The van der Waals surface area contributed by atoms with Crippen molar-refractivity contribution >= 4 is 69.2 Å². The van der Waals surface area contributed by atoms with Gasteiger partial charge in [-0.2, -0.15) is 0 Å². The van der Waals surface area contributed by atoms with E-state index in [9.17, 15) is 33.9 Å². The van der Waals surface area contributed by atoms with Crippen molar-refractivity contribution in [2.24, 2.45) is 32.9 Å². The van der Waals surface area contributed by atoms with Gasteiger partial charge < -0.3 is 69.5 Å². The SMILES string of the molecule is C[C@@H](O)[C@@H]1NC(=O)[C@H]2CCCN2C(=O)[C@H](Cc2c[nH]c3ccccc23)NC(=O)[C@H](CCCN=C(N)N)NC(=O)[C@@H](CCCN=C(N)N)NC(=O)[C@H](Cc2c[nH]c3ccccc23)NC1=O. The third kappa shape index (κ3) is 11.6. The van der Waals surface area contributed by atoms with E-state index in [0.29, 0.717) is 17.5 Å². The second-order valence-electron chi connectivity index (χ2n) is 16.2. The number of nitrogens with zero attached hydrogens (tertiary/aromatic N) is 3. The fourth-order valence-corrected chi connectivity index (χ4v) is 8.23. The van der Waals surface area contributed by atoms with Crippen LogP contribution in [-0.4, -0.2) is 129 Å². The molecule has 7 atom stereocenters. The van der Waals surface area contributed by atoms with Gasteiger partial charge in [0.25, 0.3) is 0 Å². The lowest BCUT2D eigenvalue weighted by molar-refractivity contribution is -0.143. The second-order valence-corrected chi connectivity index (χ2v) is 16.2. The standard InChI is InChI=1S/C43H58N14O7/c1-23(58)35-40(63)54-32(19-24-21-50-28-11-4-2-9-26(24)28)38(61)53-30(13-6-16-48-42(44)45)36(59)52-31(14-7-17-49-43(46)47)37(60)55-33(20-25-22-51-29-12-5-3-10-27(25)29)41(64)57-18-8-15-34(57)39(62)56-35/h2-5,9-12,21-23,30-35,50-51,58H,6-8,13-20H2,1H3,(H,52,59)(H,53,61)(H,54,63)(H,55,60)(H,56,62)(H4,44,45,48)(H4,46,47,49)/t23-,30-,31+,32+,33+,34-,35+/m1/s1. The minimum Gasteiger partial charge on any atom is -0.391 e. The molecule has 2 aromatic carbocycles. The van der Waals surface area contributed by atoms with Crippen molar-refractivity contribution in [1.82, 2.24) is 41.5 Å². The van der Waals surface area contributed by atoms with Gasteiger partial charge in [0.2, 0.25) is 35.4 Å². The zero-order chi connectivity index (χ0) is 45.9. The van der Waals surface area contributed by atoms with Crippen molar-refractivity contribution in [2.45, 2.75) is 101 Å². The monoisotopic (exact) mass is 882 g/mol. The fraction of sp³-hybridized carbons (Fsp3) is 0.442. The molecule has 0 unspecified atom stereocenters. The number of carbonyl (C=O) groups excluding carboxylic acids is 6. The summed E-state index contributed by atoms with van der Waals surface area (Å²) in [6.45, 7) is 1.70. The van der Waals surface area contributed by atoms with Crippen molar-refractivity contribution in [3.8, 4) is 0 Å². The summed E-state index contributed by atoms with van der Waals surface area (Å²) in [6, 6.07) is 7.06. The number of amides is 6. The Labute approximate surface area is 369 Å². The molecule has 0 aliphatic carbocycles. The molecule has 2 fully saturated rings. The van der Waals surface area contributed by atoms with E-state index < -0.39 is 77.8 Å². The minimum atomic E-state index is -1.55. The van der Waals surface area contributed by atoms with Crippen LogP contribution in [0.3, 0.4) is 0 Å². The van der Waals surface area contributed by atoms with Crippen LogP contribution in [0.5, 0.6) is 0 Å². The number of aromatic amines is 2. The maximum Gasteiger partial charge on any atom is 0.246 e. The number of guanidine groups is 2. The molecule has 2 aliphatic heterocycles. The quantitative estimate of drug-likeness (QED) is 0.0410. The molecule has 2 saturated heterocycles. The summed E-state index contributed by atoms with van der Waals surface area (Å²) in [5.41, 5.74) is 25.2. The highest BCUT2D eigenvalue weighted by Crippen LogP contribution is 2.24. The van der Waals surface area contributed by atoms with Crippen LogP contribution in [0.2, 0.25) is 0 Å². The molecule has 6 rings (SSSR count). The Hall–Kier alpha value is -7.16. The number of carbonyl (C=O) groups is 6. The van der Waals surface area contributed by atoms with Crippen molar-refractivity contribution in [3.05, 3.63) is 72.1 Å². The summed E-state index contributed by atoms with van der Waals surface area (Å²) in [5.74, 6) is -4.69. The van der Waals surface area contributed by atoms with Gasteiger partial charge in [0.1, 0.15) is 36.3 Å². The average Bonchev–Trinajstić information content (AvgIpc) is 4.03. The van der Waals surface area contributed by atoms with E-state index >= 15 is 0 Å². The number of hydrogen-bond donors (Lipinski definition) is 12. The second kappa shape index (κ2) is 21.3. The number of aliphatic hydroxyl groups is 1. The first-order valence-electron chi connectivity index (χ1n) is 21.4. The molecule has 0 saturated carbocycles. The van der Waals surface area contributed by atoms with Gasteiger partial charge in [-0.3, -0.25) is 38.8 Å². The van der Waals surface area contributed by atoms with Crippen LogP contribution >= 0.6 is 0 Å². The Balaban J connectivity index is 1.40. The summed E-state index contributed by atoms with van der Waals surface area (Å²) in [4.78, 5) is 102. The summed E-state index contributed by atoms with van der Waals surface area (Å²) in [6.07, 6.45) is 3.07. The Morgan fingerprint density at radius 1 is 0.656 bits per heavy atom. The van der Waals surface area contributed by atoms with E-state index in [1.807, 2.05) is 48.5 Å². The number of aliphatic hydroxyl groups excluding tert-OH is 1. The van der Waals surface area contributed by atoms with Crippen molar-refractivity contribution in [1.29, 1.82) is 0 Å². The van der Waals surface area contributed by atoms with E-state index in [0.717, 1.165) is 21.8 Å². The zero-order valence-corrected chi connectivity index (χ0v) is 35.6. The van der Waals surface area contributed by atoms with E-state index in [-0.39, 0.29) is 76.5 Å². The predicted octanol–water partition coefficient (Wildman–Crippen LogP) is -1.65. The predicted molar refractivity (Wildman–Crippen MR) is 240 cm³/mol. The van der Waals surface area contributed by atoms with E-state index in [1.54, 1.807) is 12.4 Å². The normalized spacial score (nSPS) is 23.2. The molecule has 16 N–H and O–H groups in total. The molecule has 2 aliphatic rings. The number of benzene rings is 2. The van der Waals surface area contributed by atoms with Crippen LogP contribution in [0.4, 0.5) is 0 Å². The summed E-state index contributed by atoms with van der Waals surface area (Å²) in [7, 11) is 0. The van der Waals surface area contributed by atoms with Crippen LogP contribution in [0, 0.1) is 0 Å². The maximum absolute atomic E-state index is 14.7. The highest BCUT2D eigenvalue weighted by molar-refractivity contribution is 5.99. The number of H-pyrrole nitrogens is 2. The number of hydrogen-bond acceptors (Lipinski definition) is 9. The molecule has 0 spiro atoms. The lowest BCUT2D eigenvalue weighted by atomic mass is 10.0. The topological polar surface area (TPSA) is 346 Å². The van der Waals surface area contributed by atoms with Crippen LogP contribution in [0.25, 0.3) is 21.8 Å². The molecular weight excluding hydrogens is 825 g/mol. The van der Waals surface area contributed by atoms with E-state index in [2.05, 4.69) is 46.5 Å². The Kier molecular flexibility index (Phi) is 15.4. The van der Waals surface area contributed by atoms with Gasteiger partial charge in [0.05, 0.1) is 6.10 Å². The molecule has 342 valence electrons. The van der Waals surface area contributed by atoms with Gasteiger partial charge in [-0.05, 0) is 68.7 Å². The first kappa shape index (κ1) is 46.3. The van der Waals surface area contributed by atoms with E-state index in [1.165, 1.54) is 11.8 Å². The zero-order valence-electron chi connectivity index (χ0n) is 35.6. The molecule has 21 nitrogen and oxygen atoms in total. The summed E-state index contributed by atoms with van der Waals surface area (Å²) < 4.78 is 0. The molecule has 21 heteroatoms. The number of aliphatic imine (C=N–C) groups is 2. The third-order valence-corrected chi connectivity index (χ3v) is 11.5. The largest absolute Gasteiger partial charge is 0.391 e. The van der Waals surface area contributed by atoms with Crippen LogP contribution < -0.4 is 49.5 Å². The molecule has 4 heterocycles. The Morgan fingerprint density at radius 3 is 1.64 bits per heavy atom. The van der Waals surface area contributed by atoms with Gasteiger partial charge in [0, 0.05) is 66.7 Å². The first-order valence-corrected chi connectivity index (χ1v) is 21.4. The van der Waals surface area contributed by atoms with Crippen molar-refractivity contribution < 1.29 is 33.9 Å². The highest BCUT2D eigenvalue weighted by Gasteiger charge is 2.41. The number of rotatable bonds is 13. The van der Waals surface area contributed by atoms with Gasteiger partial charge in [-0.15, -0.1) is 0 Å².